The Morgan fingerprint density at radius 2 is 1.76 bits per heavy atom. The minimum Gasteiger partial charge on any atom is -0.370 e. The average molecular weight is 236 g/mol. The second-order valence-corrected chi connectivity index (χ2v) is 4.28. The summed E-state index contributed by atoms with van der Waals surface area (Å²) in [4.78, 5) is 8.59. The third-order valence-electron chi connectivity index (χ3n) is 2.95. The van der Waals surface area contributed by atoms with E-state index in [1.807, 2.05) is 0 Å². The van der Waals surface area contributed by atoms with E-state index in [-0.39, 0.29) is 0 Å². The lowest BCUT2D eigenvalue weighted by Crippen LogP contribution is -2.19. The van der Waals surface area contributed by atoms with Crippen molar-refractivity contribution in [2.45, 2.75) is 53.0 Å². The van der Waals surface area contributed by atoms with E-state index in [2.05, 4.69) is 48.3 Å². The Balaban J connectivity index is 2.78. The Morgan fingerprint density at radius 3 is 2.35 bits per heavy atom. The molecule has 0 aromatic carbocycles. The van der Waals surface area contributed by atoms with Crippen LogP contribution in [0.4, 0.5) is 11.6 Å². The van der Waals surface area contributed by atoms with E-state index in [1.54, 1.807) is 6.33 Å². The first-order chi connectivity index (χ1) is 8.22. The molecule has 0 amide bonds. The van der Waals surface area contributed by atoms with Gasteiger partial charge in [0, 0.05) is 18.2 Å². The van der Waals surface area contributed by atoms with Gasteiger partial charge in [-0.3, -0.25) is 0 Å². The molecule has 0 bridgehead atoms. The maximum atomic E-state index is 4.32. The Kier molecular flexibility index (Phi) is 5.73. The van der Waals surface area contributed by atoms with Crippen molar-refractivity contribution in [2.24, 2.45) is 0 Å². The van der Waals surface area contributed by atoms with Crippen LogP contribution in [0.3, 0.4) is 0 Å². The third-order valence-corrected chi connectivity index (χ3v) is 2.95. The highest BCUT2D eigenvalue weighted by Gasteiger charge is 2.09. The molecule has 1 heterocycles. The summed E-state index contributed by atoms with van der Waals surface area (Å²) in [6, 6.07) is 0.489. The zero-order chi connectivity index (χ0) is 12.7. The molecule has 0 unspecified atom stereocenters. The van der Waals surface area contributed by atoms with Crippen molar-refractivity contribution in [3.8, 4) is 0 Å². The number of hydrogen-bond acceptors (Lipinski definition) is 4. The molecule has 0 aliphatic carbocycles. The maximum absolute atomic E-state index is 4.32. The summed E-state index contributed by atoms with van der Waals surface area (Å²) >= 11 is 0. The summed E-state index contributed by atoms with van der Waals surface area (Å²) in [6.45, 7) is 9.53. The molecule has 0 saturated carbocycles. The number of hydrogen-bond donors (Lipinski definition) is 2. The monoisotopic (exact) mass is 236 g/mol. The van der Waals surface area contributed by atoms with Gasteiger partial charge in [0.1, 0.15) is 18.0 Å². The molecule has 0 spiro atoms. The fourth-order valence-corrected chi connectivity index (χ4v) is 1.70. The van der Waals surface area contributed by atoms with Crippen molar-refractivity contribution < 1.29 is 0 Å². The average Bonchev–Trinajstić information content (AvgIpc) is 2.36. The van der Waals surface area contributed by atoms with Crippen molar-refractivity contribution in [3.05, 3.63) is 11.9 Å². The van der Waals surface area contributed by atoms with E-state index in [0.717, 1.165) is 43.0 Å². The van der Waals surface area contributed by atoms with Crippen LogP contribution in [0.5, 0.6) is 0 Å². The molecule has 0 saturated heterocycles. The van der Waals surface area contributed by atoms with Gasteiger partial charge in [0.2, 0.25) is 0 Å². The number of anilines is 2. The normalized spacial score (nSPS) is 10.6. The molecule has 0 radical (unpaired) electrons. The topological polar surface area (TPSA) is 49.8 Å². The third kappa shape index (κ3) is 3.88. The van der Waals surface area contributed by atoms with E-state index in [9.17, 15) is 0 Å². The van der Waals surface area contributed by atoms with Gasteiger partial charge in [-0.15, -0.1) is 0 Å². The lowest BCUT2D eigenvalue weighted by molar-refractivity contribution is 0.667. The fourth-order valence-electron chi connectivity index (χ4n) is 1.70. The van der Waals surface area contributed by atoms with Crippen LogP contribution in [0.15, 0.2) is 6.33 Å². The van der Waals surface area contributed by atoms with Crippen molar-refractivity contribution in [1.82, 2.24) is 9.97 Å². The molecule has 17 heavy (non-hydrogen) atoms. The van der Waals surface area contributed by atoms with E-state index in [1.165, 1.54) is 0 Å². The standard InChI is InChI=1S/C13H24N4/c1-5-8-14-12-10(4)13(16-9-15-12)17-11(6-2)7-3/h9,11H,5-8H2,1-4H3,(H2,14,15,16,17). The Hall–Kier alpha value is -1.32. The molecular weight excluding hydrogens is 212 g/mol. The first-order valence-electron chi connectivity index (χ1n) is 6.54. The van der Waals surface area contributed by atoms with Crippen LogP contribution in [0.1, 0.15) is 45.6 Å². The molecule has 0 aliphatic heterocycles. The Morgan fingerprint density at radius 1 is 1.12 bits per heavy atom. The molecule has 0 aliphatic rings. The SMILES string of the molecule is CCCNc1ncnc(NC(CC)CC)c1C. The minimum atomic E-state index is 0.489. The second kappa shape index (κ2) is 7.09. The van der Waals surface area contributed by atoms with Gasteiger partial charge < -0.3 is 10.6 Å². The summed E-state index contributed by atoms with van der Waals surface area (Å²) in [5, 5.41) is 6.79. The van der Waals surface area contributed by atoms with Crippen LogP contribution in [0, 0.1) is 6.92 Å². The zero-order valence-electron chi connectivity index (χ0n) is 11.4. The van der Waals surface area contributed by atoms with Gasteiger partial charge in [0.15, 0.2) is 0 Å². The van der Waals surface area contributed by atoms with Crippen LogP contribution in [-0.2, 0) is 0 Å². The van der Waals surface area contributed by atoms with Gasteiger partial charge in [-0.25, -0.2) is 9.97 Å². The summed E-state index contributed by atoms with van der Waals surface area (Å²) in [5.74, 6) is 1.89. The van der Waals surface area contributed by atoms with E-state index in [0.29, 0.717) is 6.04 Å². The van der Waals surface area contributed by atoms with E-state index in [4.69, 9.17) is 0 Å². The van der Waals surface area contributed by atoms with Gasteiger partial charge in [-0.05, 0) is 26.2 Å². The smallest absolute Gasteiger partial charge is 0.134 e. The molecule has 1 rings (SSSR count). The highest BCUT2D eigenvalue weighted by molar-refractivity contribution is 5.56. The summed E-state index contributed by atoms with van der Waals surface area (Å²) in [5.41, 5.74) is 1.10. The molecule has 0 fully saturated rings. The quantitative estimate of drug-likeness (QED) is 0.763. The van der Waals surface area contributed by atoms with Crippen LogP contribution >= 0.6 is 0 Å². The molecule has 0 atom stereocenters. The van der Waals surface area contributed by atoms with Crippen molar-refractivity contribution in [2.75, 3.05) is 17.2 Å². The van der Waals surface area contributed by atoms with Gasteiger partial charge in [-0.1, -0.05) is 20.8 Å². The van der Waals surface area contributed by atoms with Gasteiger partial charge in [0.25, 0.3) is 0 Å². The second-order valence-electron chi connectivity index (χ2n) is 4.28. The van der Waals surface area contributed by atoms with Crippen molar-refractivity contribution in [3.63, 3.8) is 0 Å². The predicted molar refractivity (Wildman–Crippen MR) is 73.5 cm³/mol. The maximum Gasteiger partial charge on any atom is 0.134 e. The number of nitrogens with zero attached hydrogens (tertiary/aromatic N) is 2. The molecule has 1 aromatic heterocycles. The van der Waals surface area contributed by atoms with Crippen LogP contribution < -0.4 is 10.6 Å². The minimum absolute atomic E-state index is 0.489. The number of aromatic nitrogens is 2. The first-order valence-corrected chi connectivity index (χ1v) is 6.54. The van der Waals surface area contributed by atoms with Gasteiger partial charge >= 0.3 is 0 Å². The van der Waals surface area contributed by atoms with Crippen LogP contribution in [0.2, 0.25) is 0 Å². The van der Waals surface area contributed by atoms with Crippen LogP contribution in [-0.4, -0.2) is 22.6 Å². The predicted octanol–water partition coefficient (Wildman–Crippen LogP) is 3.21. The molecule has 1 aromatic rings. The molecule has 4 nitrogen and oxygen atoms in total. The number of rotatable bonds is 7. The Bertz CT molecular complexity index is 334. The molecular formula is C13H24N4. The molecule has 2 N–H and O–H groups in total. The summed E-state index contributed by atoms with van der Waals surface area (Å²) < 4.78 is 0. The first kappa shape index (κ1) is 13.7. The van der Waals surface area contributed by atoms with Gasteiger partial charge in [0.05, 0.1) is 0 Å². The summed E-state index contributed by atoms with van der Waals surface area (Å²) in [7, 11) is 0. The van der Waals surface area contributed by atoms with E-state index < -0.39 is 0 Å². The highest BCUT2D eigenvalue weighted by Crippen LogP contribution is 2.19. The molecule has 4 heteroatoms. The largest absolute Gasteiger partial charge is 0.370 e. The van der Waals surface area contributed by atoms with Crippen molar-refractivity contribution in [1.29, 1.82) is 0 Å². The highest BCUT2D eigenvalue weighted by atomic mass is 15.1. The zero-order valence-corrected chi connectivity index (χ0v) is 11.4. The fraction of sp³-hybridized carbons (Fsp3) is 0.692. The van der Waals surface area contributed by atoms with Crippen molar-refractivity contribution >= 4 is 11.6 Å². The van der Waals surface area contributed by atoms with Gasteiger partial charge in [-0.2, -0.15) is 0 Å². The molecule has 96 valence electrons. The Labute approximate surface area is 104 Å². The lowest BCUT2D eigenvalue weighted by atomic mass is 10.1. The van der Waals surface area contributed by atoms with Crippen LogP contribution in [0.25, 0.3) is 0 Å². The summed E-state index contributed by atoms with van der Waals surface area (Å²) in [6.07, 6.45) is 4.93. The lowest BCUT2D eigenvalue weighted by Gasteiger charge is -2.18. The van der Waals surface area contributed by atoms with E-state index >= 15 is 0 Å². The number of nitrogens with one attached hydrogen (secondary N) is 2.